The summed E-state index contributed by atoms with van der Waals surface area (Å²) in [6, 6.07) is 7.88. The fourth-order valence-corrected chi connectivity index (χ4v) is 5.11. The number of hydrogen-bond acceptors (Lipinski definition) is 5. The van der Waals surface area contributed by atoms with Gasteiger partial charge in [-0.25, -0.2) is 13.6 Å². The average molecular weight is 451 g/mol. The standard InChI is InChI=1S/C24H32F2N2O4/c1-23(2,3)32-22(30)28-15-24(25,26)20-19(28)11-12-27(20)13-17-9-10-18(17)21(29)31-14-16-7-5-4-6-8-16/h4-8,17-20H,9-15H2,1-3H3/t17-,18-,19-,20+/m0/s1. The predicted molar refractivity (Wildman–Crippen MR) is 114 cm³/mol. The van der Waals surface area contributed by atoms with E-state index in [1.807, 2.05) is 30.3 Å². The molecule has 0 N–H and O–H groups in total. The third kappa shape index (κ3) is 4.75. The van der Waals surface area contributed by atoms with Crippen molar-refractivity contribution in [1.82, 2.24) is 9.80 Å². The molecule has 8 heteroatoms. The van der Waals surface area contributed by atoms with Crippen LogP contribution >= 0.6 is 0 Å². The Balaban J connectivity index is 1.35. The number of rotatable bonds is 5. The van der Waals surface area contributed by atoms with Gasteiger partial charge in [-0.2, -0.15) is 0 Å². The Morgan fingerprint density at radius 1 is 1.12 bits per heavy atom. The second kappa shape index (κ2) is 8.61. The molecule has 32 heavy (non-hydrogen) atoms. The molecule has 1 amide bonds. The summed E-state index contributed by atoms with van der Waals surface area (Å²) in [6.07, 6.45) is 1.34. The fourth-order valence-electron chi connectivity index (χ4n) is 5.11. The first kappa shape index (κ1) is 23.0. The molecule has 1 aliphatic carbocycles. The van der Waals surface area contributed by atoms with Crippen LogP contribution < -0.4 is 0 Å². The SMILES string of the molecule is CC(C)(C)OC(=O)N1CC(F)(F)[C@H]2[C@@H]1CCN2C[C@@H]1CC[C@@H]1C(=O)OCc1ccccc1. The number of halogens is 2. The van der Waals surface area contributed by atoms with Crippen molar-refractivity contribution in [2.45, 2.75) is 70.2 Å². The maximum atomic E-state index is 14.9. The second-order valence-corrected chi connectivity index (χ2v) is 10.2. The number of esters is 1. The minimum absolute atomic E-state index is 0.00315. The topological polar surface area (TPSA) is 59.1 Å². The molecule has 0 radical (unpaired) electrons. The zero-order chi connectivity index (χ0) is 23.1. The number of ether oxygens (including phenoxy) is 2. The first-order valence-electron chi connectivity index (χ1n) is 11.4. The van der Waals surface area contributed by atoms with Crippen LogP contribution in [0, 0.1) is 11.8 Å². The number of carbonyl (C=O) groups excluding carboxylic acids is 2. The normalized spacial score (nSPS) is 29.3. The Hall–Kier alpha value is -2.22. The van der Waals surface area contributed by atoms with Crippen LogP contribution in [0.1, 0.15) is 45.6 Å². The third-order valence-electron chi connectivity index (χ3n) is 6.73. The Labute approximate surface area is 187 Å². The molecule has 2 saturated heterocycles. The highest BCUT2D eigenvalue weighted by molar-refractivity contribution is 5.74. The van der Waals surface area contributed by atoms with Crippen LogP contribution in [0.15, 0.2) is 30.3 Å². The van der Waals surface area contributed by atoms with Crippen LogP contribution in [0.25, 0.3) is 0 Å². The maximum absolute atomic E-state index is 14.9. The first-order chi connectivity index (χ1) is 15.0. The molecule has 1 aromatic rings. The summed E-state index contributed by atoms with van der Waals surface area (Å²) in [6.45, 7) is 5.68. The van der Waals surface area contributed by atoms with E-state index >= 15 is 0 Å². The molecule has 1 saturated carbocycles. The lowest BCUT2D eigenvalue weighted by Gasteiger charge is -2.39. The average Bonchev–Trinajstić information content (AvgIpc) is 3.22. The summed E-state index contributed by atoms with van der Waals surface area (Å²) in [7, 11) is 0. The molecule has 2 heterocycles. The molecule has 1 aromatic carbocycles. The van der Waals surface area contributed by atoms with Gasteiger partial charge in [-0.15, -0.1) is 0 Å². The number of benzene rings is 1. The van der Waals surface area contributed by atoms with E-state index in [4.69, 9.17) is 9.47 Å². The number of fused-ring (bicyclic) bond motifs is 1. The molecule has 6 nitrogen and oxygen atoms in total. The van der Waals surface area contributed by atoms with Crippen molar-refractivity contribution < 1.29 is 27.8 Å². The van der Waals surface area contributed by atoms with Crippen molar-refractivity contribution in [3.05, 3.63) is 35.9 Å². The van der Waals surface area contributed by atoms with Gasteiger partial charge in [0, 0.05) is 13.1 Å². The summed E-state index contributed by atoms with van der Waals surface area (Å²) in [5, 5.41) is 0. The third-order valence-corrected chi connectivity index (χ3v) is 6.73. The monoisotopic (exact) mass is 450 g/mol. The van der Waals surface area contributed by atoms with E-state index in [1.165, 1.54) is 4.90 Å². The Bertz CT molecular complexity index is 842. The van der Waals surface area contributed by atoms with Crippen molar-refractivity contribution in [2.24, 2.45) is 11.8 Å². The Kier molecular flexibility index (Phi) is 6.18. The van der Waals surface area contributed by atoms with Crippen molar-refractivity contribution in [2.75, 3.05) is 19.6 Å². The highest BCUT2D eigenvalue weighted by Crippen LogP contribution is 2.44. The molecular formula is C24H32F2N2O4. The van der Waals surface area contributed by atoms with Gasteiger partial charge in [0.25, 0.3) is 5.92 Å². The first-order valence-corrected chi connectivity index (χ1v) is 11.4. The molecule has 3 aliphatic rings. The molecule has 3 fully saturated rings. The quantitative estimate of drug-likeness (QED) is 0.633. The van der Waals surface area contributed by atoms with Gasteiger partial charge >= 0.3 is 12.1 Å². The highest BCUT2D eigenvalue weighted by Gasteiger charge is 2.61. The fraction of sp³-hybridized carbons (Fsp3) is 0.667. The van der Waals surface area contributed by atoms with Crippen LogP contribution in [-0.4, -0.2) is 65.1 Å². The predicted octanol–water partition coefficient (Wildman–Crippen LogP) is 4.08. The van der Waals surface area contributed by atoms with E-state index in [9.17, 15) is 18.4 Å². The van der Waals surface area contributed by atoms with E-state index in [0.717, 1.165) is 18.4 Å². The summed E-state index contributed by atoms with van der Waals surface area (Å²) >= 11 is 0. The van der Waals surface area contributed by atoms with Gasteiger partial charge in [0.1, 0.15) is 12.2 Å². The van der Waals surface area contributed by atoms with Crippen molar-refractivity contribution in [1.29, 1.82) is 0 Å². The minimum Gasteiger partial charge on any atom is -0.461 e. The number of hydrogen-bond donors (Lipinski definition) is 0. The number of nitrogens with zero attached hydrogens (tertiary/aromatic N) is 2. The number of amides is 1. The van der Waals surface area contributed by atoms with Crippen molar-refractivity contribution >= 4 is 12.1 Å². The molecular weight excluding hydrogens is 418 g/mol. The number of alkyl halides is 2. The largest absolute Gasteiger partial charge is 0.461 e. The summed E-state index contributed by atoms with van der Waals surface area (Å²) in [5.41, 5.74) is 0.189. The lowest BCUT2D eigenvalue weighted by atomic mass is 9.73. The van der Waals surface area contributed by atoms with E-state index in [-0.39, 0.29) is 24.4 Å². The zero-order valence-corrected chi connectivity index (χ0v) is 18.9. The maximum Gasteiger partial charge on any atom is 0.410 e. The lowest BCUT2D eigenvalue weighted by Crippen LogP contribution is -2.50. The minimum atomic E-state index is -3.01. The molecule has 0 spiro atoms. The van der Waals surface area contributed by atoms with Gasteiger partial charge < -0.3 is 9.47 Å². The van der Waals surface area contributed by atoms with Crippen LogP contribution in [0.3, 0.4) is 0 Å². The van der Waals surface area contributed by atoms with E-state index < -0.39 is 36.2 Å². The van der Waals surface area contributed by atoms with Gasteiger partial charge in [-0.3, -0.25) is 14.6 Å². The van der Waals surface area contributed by atoms with E-state index in [0.29, 0.717) is 19.5 Å². The van der Waals surface area contributed by atoms with E-state index in [1.54, 1.807) is 25.7 Å². The zero-order valence-electron chi connectivity index (χ0n) is 18.9. The lowest BCUT2D eigenvalue weighted by molar-refractivity contribution is -0.157. The van der Waals surface area contributed by atoms with E-state index in [2.05, 4.69) is 0 Å². The molecule has 176 valence electrons. The Morgan fingerprint density at radius 2 is 1.84 bits per heavy atom. The second-order valence-electron chi connectivity index (χ2n) is 10.2. The van der Waals surface area contributed by atoms with Crippen molar-refractivity contribution in [3.63, 3.8) is 0 Å². The Morgan fingerprint density at radius 3 is 2.47 bits per heavy atom. The molecule has 0 bridgehead atoms. The molecule has 0 aromatic heterocycles. The van der Waals surface area contributed by atoms with Crippen LogP contribution in [0.4, 0.5) is 13.6 Å². The smallest absolute Gasteiger partial charge is 0.410 e. The summed E-state index contributed by atoms with van der Waals surface area (Å²) in [4.78, 5) is 28.0. The number of likely N-dealkylation sites (tertiary alicyclic amines) is 2. The van der Waals surface area contributed by atoms with Gasteiger partial charge in [-0.05, 0) is 51.5 Å². The van der Waals surface area contributed by atoms with Gasteiger partial charge in [0.05, 0.1) is 24.5 Å². The number of carbonyl (C=O) groups is 2. The van der Waals surface area contributed by atoms with Gasteiger partial charge in [0.2, 0.25) is 0 Å². The highest BCUT2D eigenvalue weighted by atomic mass is 19.3. The van der Waals surface area contributed by atoms with Crippen LogP contribution in [0.2, 0.25) is 0 Å². The molecule has 0 unspecified atom stereocenters. The van der Waals surface area contributed by atoms with Crippen LogP contribution in [0.5, 0.6) is 0 Å². The van der Waals surface area contributed by atoms with Gasteiger partial charge in [-0.1, -0.05) is 30.3 Å². The molecule has 4 rings (SSSR count). The van der Waals surface area contributed by atoms with Crippen molar-refractivity contribution in [3.8, 4) is 0 Å². The molecule has 2 aliphatic heterocycles. The molecule has 4 atom stereocenters. The summed E-state index contributed by atoms with van der Waals surface area (Å²) < 4.78 is 40.7. The summed E-state index contributed by atoms with van der Waals surface area (Å²) in [5.74, 6) is -3.52. The van der Waals surface area contributed by atoms with Crippen LogP contribution in [-0.2, 0) is 20.9 Å². The van der Waals surface area contributed by atoms with Gasteiger partial charge in [0.15, 0.2) is 0 Å².